The van der Waals surface area contributed by atoms with Crippen LogP contribution in [0.1, 0.15) is 31.7 Å². The molecule has 1 aliphatic rings. The van der Waals surface area contributed by atoms with Crippen molar-refractivity contribution in [2.75, 3.05) is 19.8 Å². The van der Waals surface area contributed by atoms with Gasteiger partial charge in [0.1, 0.15) is 5.75 Å². The molecule has 17 heavy (non-hydrogen) atoms. The number of hydrogen-bond donors (Lipinski definition) is 1. The van der Waals surface area contributed by atoms with Crippen molar-refractivity contribution in [1.82, 2.24) is 0 Å². The molecule has 1 unspecified atom stereocenters. The minimum atomic E-state index is -0.386. The van der Waals surface area contributed by atoms with Crippen LogP contribution in [0.4, 0.5) is 0 Å². The van der Waals surface area contributed by atoms with E-state index in [0.717, 1.165) is 43.8 Å². The molecule has 1 aromatic carbocycles. The van der Waals surface area contributed by atoms with E-state index in [1.807, 2.05) is 18.2 Å². The number of benzene rings is 1. The zero-order valence-electron chi connectivity index (χ0n) is 10.4. The molecule has 1 fully saturated rings. The van der Waals surface area contributed by atoms with Crippen molar-refractivity contribution in [2.24, 2.45) is 5.73 Å². The highest BCUT2D eigenvalue weighted by Crippen LogP contribution is 2.34. The molecule has 1 atom stereocenters. The Morgan fingerprint density at radius 1 is 1.41 bits per heavy atom. The zero-order valence-corrected chi connectivity index (χ0v) is 10.4. The topological polar surface area (TPSA) is 44.5 Å². The predicted octanol–water partition coefficient (Wildman–Crippen LogP) is 2.44. The second kappa shape index (κ2) is 5.52. The van der Waals surface area contributed by atoms with Crippen molar-refractivity contribution >= 4 is 0 Å². The molecule has 94 valence electrons. The summed E-state index contributed by atoms with van der Waals surface area (Å²) in [7, 11) is 0. The van der Waals surface area contributed by atoms with E-state index < -0.39 is 0 Å². The summed E-state index contributed by atoms with van der Waals surface area (Å²) in [4.78, 5) is 0. The van der Waals surface area contributed by atoms with Gasteiger partial charge in [0, 0.05) is 12.2 Å². The highest BCUT2D eigenvalue weighted by atomic mass is 16.5. The molecule has 2 rings (SSSR count). The lowest BCUT2D eigenvalue weighted by molar-refractivity contribution is 0.0354. The third-order valence-corrected chi connectivity index (χ3v) is 3.16. The quantitative estimate of drug-likeness (QED) is 0.871. The molecule has 0 spiro atoms. The molecule has 3 nitrogen and oxygen atoms in total. The van der Waals surface area contributed by atoms with Gasteiger partial charge in [0.25, 0.3) is 0 Å². The van der Waals surface area contributed by atoms with Crippen LogP contribution >= 0.6 is 0 Å². The van der Waals surface area contributed by atoms with Gasteiger partial charge in [0.15, 0.2) is 0 Å². The van der Waals surface area contributed by atoms with Crippen LogP contribution < -0.4 is 10.5 Å². The molecular formula is C14H21NO2. The van der Waals surface area contributed by atoms with Crippen LogP contribution in [0.15, 0.2) is 24.3 Å². The highest BCUT2D eigenvalue weighted by molar-refractivity contribution is 5.39. The largest absolute Gasteiger partial charge is 0.493 e. The molecule has 1 saturated heterocycles. The minimum absolute atomic E-state index is 0.386. The summed E-state index contributed by atoms with van der Waals surface area (Å²) in [6.45, 7) is 4.23. The molecule has 1 heterocycles. The molecule has 0 amide bonds. The van der Waals surface area contributed by atoms with Crippen molar-refractivity contribution in [3.05, 3.63) is 29.8 Å². The van der Waals surface area contributed by atoms with Crippen LogP contribution in [0.2, 0.25) is 0 Å². The number of rotatable bonds is 4. The van der Waals surface area contributed by atoms with E-state index in [4.69, 9.17) is 15.2 Å². The van der Waals surface area contributed by atoms with Crippen LogP contribution in [-0.2, 0) is 10.3 Å². The first kappa shape index (κ1) is 12.4. The molecule has 0 aliphatic carbocycles. The summed E-state index contributed by atoms with van der Waals surface area (Å²) in [5.41, 5.74) is 7.14. The van der Waals surface area contributed by atoms with Crippen molar-refractivity contribution < 1.29 is 9.47 Å². The summed E-state index contributed by atoms with van der Waals surface area (Å²) in [5, 5.41) is 0. The van der Waals surface area contributed by atoms with Gasteiger partial charge in [-0.25, -0.2) is 0 Å². The molecule has 0 bridgehead atoms. The third-order valence-electron chi connectivity index (χ3n) is 3.16. The maximum absolute atomic E-state index is 6.45. The van der Waals surface area contributed by atoms with Gasteiger partial charge in [-0.15, -0.1) is 0 Å². The van der Waals surface area contributed by atoms with E-state index in [-0.39, 0.29) is 5.54 Å². The number of ether oxygens (including phenoxy) is 2. The van der Waals surface area contributed by atoms with Gasteiger partial charge in [-0.05, 0) is 25.3 Å². The van der Waals surface area contributed by atoms with Gasteiger partial charge in [-0.2, -0.15) is 0 Å². The van der Waals surface area contributed by atoms with Gasteiger partial charge < -0.3 is 15.2 Å². The summed E-state index contributed by atoms with van der Waals surface area (Å²) in [6, 6.07) is 8.05. The second-order valence-electron chi connectivity index (χ2n) is 4.66. The normalized spacial score (nSPS) is 24.6. The van der Waals surface area contributed by atoms with E-state index in [1.54, 1.807) is 0 Å². The molecular weight excluding hydrogens is 214 g/mol. The van der Waals surface area contributed by atoms with Crippen molar-refractivity contribution in [3.8, 4) is 5.75 Å². The fourth-order valence-corrected chi connectivity index (χ4v) is 2.24. The lowest BCUT2D eigenvalue weighted by atomic mass is 9.85. The van der Waals surface area contributed by atoms with E-state index in [1.165, 1.54) is 0 Å². The molecule has 2 N–H and O–H groups in total. The van der Waals surface area contributed by atoms with Crippen molar-refractivity contribution in [2.45, 2.75) is 31.7 Å². The van der Waals surface area contributed by atoms with Crippen LogP contribution in [0, 0.1) is 0 Å². The highest BCUT2D eigenvalue weighted by Gasteiger charge is 2.32. The van der Waals surface area contributed by atoms with Gasteiger partial charge in [-0.3, -0.25) is 0 Å². The van der Waals surface area contributed by atoms with Gasteiger partial charge in [-0.1, -0.05) is 25.1 Å². The van der Waals surface area contributed by atoms with Crippen LogP contribution in [0.3, 0.4) is 0 Å². The van der Waals surface area contributed by atoms with Crippen LogP contribution in [0.25, 0.3) is 0 Å². The molecule has 3 heteroatoms. The van der Waals surface area contributed by atoms with E-state index in [0.29, 0.717) is 6.61 Å². The van der Waals surface area contributed by atoms with Gasteiger partial charge in [0.2, 0.25) is 0 Å². The Morgan fingerprint density at radius 2 is 2.24 bits per heavy atom. The molecule has 0 radical (unpaired) electrons. The standard InChI is InChI=1S/C14H21NO2/c1-2-9-17-13-7-4-3-6-12(13)14(15)8-5-10-16-11-14/h3-4,6-7H,2,5,8-11,15H2,1H3. The zero-order chi connectivity index (χ0) is 12.1. The Morgan fingerprint density at radius 3 is 2.94 bits per heavy atom. The second-order valence-corrected chi connectivity index (χ2v) is 4.66. The average Bonchev–Trinajstić information content (AvgIpc) is 2.37. The lowest BCUT2D eigenvalue weighted by Gasteiger charge is -2.34. The summed E-state index contributed by atoms with van der Waals surface area (Å²) in [5.74, 6) is 0.905. The SMILES string of the molecule is CCCOc1ccccc1C1(N)CCCOC1. The molecule has 0 saturated carbocycles. The Hall–Kier alpha value is -1.06. The van der Waals surface area contributed by atoms with Crippen LogP contribution in [0.5, 0.6) is 5.75 Å². The maximum Gasteiger partial charge on any atom is 0.124 e. The Kier molecular flexibility index (Phi) is 4.02. The van der Waals surface area contributed by atoms with Gasteiger partial charge >= 0.3 is 0 Å². The number of para-hydroxylation sites is 1. The van der Waals surface area contributed by atoms with E-state index >= 15 is 0 Å². The lowest BCUT2D eigenvalue weighted by Crippen LogP contribution is -2.44. The first-order chi connectivity index (χ1) is 8.26. The monoisotopic (exact) mass is 235 g/mol. The Balaban J connectivity index is 2.23. The number of nitrogens with two attached hydrogens (primary N) is 1. The predicted molar refractivity (Wildman–Crippen MR) is 68.1 cm³/mol. The first-order valence-electron chi connectivity index (χ1n) is 6.35. The minimum Gasteiger partial charge on any atom is -0.493 e. The van der Waals surface area contributed by atoms with Crippen molar-refractivity contribution in [1.29, 1.82) is 0 Å². The van der Waals surface area contributed by atoms with Crippen LogP contribution in [-0.4, -0.2) is 19.8 Å². The average molecular weight is 235 g/mol. The molecule has 1 aromatic rings. The van der Waals surface area contributed by atoms with Crippen molar-refractivity contribution in [3.63, 3.8) is 0 Å². The summed E-state index contributed by atoms with van der Waals surface area (Å²) in [6.07, 6.45) is 2.97. The molecule has 0 aromatic heterocycles. The number of hydrogen-bond acceptors (Lipinski definition) is 3. The Labute approximate surface area is 103 Å². The maximum atomic E-state index is 6.45. The third kappa shape index (κ3) is 2.79. The Bertz CT molecular complexity index is 359. The van der Waals surface area contributed by atoms with E-state index in [2.05, 4.69) is 13.0 Å². The first-order valence-corrected chi connectivity index (χ1v) is 6.35. The molecule has 1 aliphatic heterocycles. The van der Waals surface area contributed by atoms with E-state index in [9.17, 15) is 0 Å². The fraction of sp³-hybridized carbons (Fsp3) is 0.571. The summed E-state index contributed by atoms with van der Waals surface area (Å²) >= 11 is 0. The summed E-state index contributed by atoms with van der Waals surface area (Å²) < 4.78 is 11.3. The van der Waals surface area contributed by atoms with Gasteiger partial charge in [0.05, 0.1) is 18.8 Å². The fourth-order valence-electron chi connectivity index (χ4n) is 2.24. The smallest absolute Gasteiger partial charge is 0.124 e.